The van der Waals surface area contributed by atoms with E-state index < -0.39 is 0 Å². The molecule has 6 heteroatoms. The number of aliphatic imine (C=N–C) groups is 1. The van der Waals surface area contributed by atoms with Gasteiger partial charge in [-0.05, 0) is 13.0 Å². The van der Waals surface area contributed by atoms with Gasteiger partial charge < -0.3 is 9.64 Å². The minimum Gasteiger partial charge on any atom is -0.465 e. The van der Waals surface area contributed by atoms with Gasteiger partial charge in [-0.1, -0.05) is 0 Å². The summed E-state index contributed by atoms with van der Waals surface area (Å²) in [6.07, 6.45) is 3.50. The van der Waals surface area contributed by atoms with Gasteiger partial charge in [0.15, 0.2) is 0 Å². The van der Waals surface area contributed by atoms with E-state index in [-0.39, 0.29) is 5.97 Å². The Hall–Kier alpha value is -1.95. The normalized spacial score (nSPS) is 13.1. The van der Waals surface area contributed by atoms with Crippen LogP contribution in [0.2, 0.25) is 0 Å². The third-order valence-corrected chi connectivity index (χ3v) is 3.96. The SMILES string of the molecule is CCN1C=Nc2c(C(=O)OC)sc3nccc1c23. The van der Waals surface area contributed by atoms with Crippen molar-refractivity contribution in [2.45, 2.75) is 6.92 Å². The van der Waals surface area contributed by atoms with Crippen molar-refractivity contribution in [1.29, 1.82) is 0 Å². The number of hydrogen-bond donors (Lipinski definition) is 0. The maximum Gasteiger partial charge on any atom is 0.350 e. The molecule has 2 aromatic rings. The lowest BCUT2D eigenvalue weighted by Crippen LogP contribution is -2.22. The van der Waals surface area contributed by atoms with Crippen LogP contribution in [0, 0.1) is 0 Å². The van der Waals surface area contributed by atoms with Gasteiger partial charge in [0.2, 0.25) is 0 Å². The molecule has 3 heterocycles. The smallest absolute Gasteiger partial charge is 0.350 e. The van der Waals surface area contributed by atoms with Crippen LogP contribution in [-0.2, 0) is 4.74 Å². The molecule has 3 rings (SSSR count). The number of nitrogens with zero attached hydrogens (tertiary/aromatic N) is 3. The molecule has 5 nitrogen and oxygen atoms in total. The van der Waals surface area contributed by atoms with Gasteiger partial charge in [-0.15, -0.1) is 11.3 Å². The summed E-state index contributed by atoms with van der Waals surface area (Å²) in [5.41, 5.74) is 1.72. The summed E-state index contributed by atoms with van der Waals surface area (Å²) in [5, 5.41) is 0.937. The summed E-state index contributed by atoms with van der Waals surface area (Å²) < 4.78 is 4.78. The average Bonchev–Trinajstić information content (AvgIpc) is 2.79. The predicted molar refractivity (Wildman–Crippen MR) is 72.1 cm³/mol. The van der Waals surface area contributed by atoms with Gasteiger partial charge in [0.1, 0.15) is 15.4 Å². The van der Waals surface area contributed by atoms with Crippen molar-refractivity contribution in [3.63, 3.8) is 0 Å². The van der Waals surface area contributed by atoms with Gasteiger partial charge in [0, 0.05) is 12.7 Å². The fraction of sp³-hybridized carbons (Fsp3) is 0.250. The van der Waals surface area contributed by atoms with E-state index in [0.717, 1.165) is 22.4 Å². The van der Waals surface area contributed by atoms with Crippen molar-refractivity contribution in [2.75, 3.05) is 18.6 Å². The molecule has 0 N–H and O–H groups in total. The van der Waals surface area contributed by atoms with E-state index in [1.807, 2.05) is 11.0 Å². The lowest BCUT2D eigenvalue weighted by molar-refractivity contribution is 0.0607. The van der Waals surface area contributed by atoms with E-state index in [1.165, 1.54) is 18.4 Å². The Kier molecular flexibility index (Phi) is 2.52. The van der Waals surface area contributed by atoms with Gasteiger partial charge >= 0.3 is 5.97 Å². The highest BCUT2D eigenvalue weighted by Crippen LogP contribution is 2.44. The highest BCUT2D eigenvalue weighted by Gasteiger charge is 2.25. The van der Waals surface area contributed by atoms with E-state index in [0.29, 0.717) is 10.6 Å². The average molecular weight is 261 g/mol. The summed E-state index contributed by atoms with van der Waals surface area (Å²) in [6, 6.07) is 1.94. The van der Waals surface area contributed by atoms with E-state index >= 15 is 0 Å². The maximum atomic E-state index is 11.7. The second-order valence-electron chi connectivity index (χ2n) is 3.81. The zero-order valence-corrected chi connectivity index (χ0v) is 10.8. The summed E-state index contributed by atoms with van der Waals surface area (Å²) in [4.78, 5) is 23.7. The molecule has 0 atom stereocenters. The van der Waals surface area contributed by atoms with Crippen LogP contribution < -0.4 is 4.90 Å². The van der Waals surface area contributed by atoms with Crippen LogP contribution in [0.5, 0.6) is 0 Å². The third-order valence-electron chi connectivity index (χ3n) is 2.89. The van der Waals surface area contributed by atoms with E-state index in [9.17, 15) is 4.79 Å². The van der Waals surface area contributed by atoms with E-state index in [4.69, 9.17) is 4.74 Å². The Morgan fingerprint density at radius 3 is 3.11 bits per heavy atom. The van der Waals surface area contributed by atoms with Crippen molar-refractivity contribution >= 4 is 45.2 Å². The Bertz CT molecular complexity index is 663. The highest BCUT2D eigenvalue weighted by atomic mass is 32.1. The fourth-order valence-corrected chi connectivity index (χ4v) is 3.06. The standard InChI is InChI=1S/C12H11N3O2S/c1-3-15-6-14-9-8-7(15)4-5-13-11(8)18-10(9)12(16)17-2/h4-6H,3H2,1-2H3. The molecule has 0 unspecified atom stereocenters. The molecule has 0 bridgehead atoms. The van der Waals surface area contributed by atoms with Crippen molar-refractivity contribution < 1.29 is 9.53 Å². The second kappa shape index (κ2) is 4.06. The predicted octanol–water partition coefficient (Wildman–Crippen LogP) is 2.58. The van der Waals surface area contributed by atoms with Crippen LogP contribution in [-0.4, -0.2) is 30.9 Å². The maximum absolute atomic E-state index is 11.7. The molecule has 92 valence electrons. The number of rotatable bonds is 2. The number of methoxy groups -OCH3 is 1. The first-order valence-corrected chi connectivity index (χ1v) is 6.38. The Balaban J connectivity index is 2.32. The number of aromatic nitrogens is 1. The monoisotopic (exact) mass is 261 g/mol. The summed E-state index contributed by atoms with van der Waals surface area (Å²) in [6.45, 7) is 2.88. The van der Waals surface area contributed by atoms with E-state index in [2.05, 4.69) is 16.9 Å². The molecule has 1 aliphatic rings. The highest BCUT2D eigenvalue weighted by molar-refractivity contribution is 7.21. The molecule has 2 aromatic heterocycles. The van der Waals surface area contributed by atoms with Gasteiger partial charge in [-0.3, -0.25) is 0 Å². The van der Waals surface area contributed by atoms with Crippen LogP contribution in [0.3, 0.4) is 0 Å². The quantitative estimate of drug-likeness (QED) is 0.780. The number of hydrogen-bond acceptors (Lipinski definition) is 6. The molecule has 1 aliphatic heterocycles. The molecular weight excluding hydrogens is 250 g/mol. The van der Waals surface area contributed by atoms with Gasteiger partial charge in [0.05, 0.1) is 24.5 Å². The fourth-order valence-electron chi connectivity index (χ4n) is 2.03. The molecule has 0 radical (unpaired) electrons. The van der Waals surface area contributed by atoms with Crippen LogP contribution in [0.4, 0.5) is 11.4 Å². The van der Waals surface area contributed by atoms with Crippen LogP contribution >= 0.6 is 11.3 Å². The third kappa shape index (κ3) is 1.42. The Labute approximate surface area is 108 Å². The second-order valence-corrected chi connectivity index (χ2v) is 4.81. The summed E-state index contributed by atoms with van der Waals surface area (Å²) in [5.74, 6) is -0.360. The first-order valence-electron chi connectivity index (χ1n) is 5.57. The van der Waals surface area contributed by atoms with Gasteiger partial charge in [-0.25, -0.2) is 14.8 Å². The van der Waals surface area contributed by atoms with Gasteiger partial charge in [-0.2, -0.15) is 0 Å². The number of esters is 1. The molecule has 0 spiro atoms. The number of thiophene rings is 1. The number of pyridine rings is 1. The van der Waals surface area contributed by atoms with Crippen molar-refractivity contribution in [3.8, 4) is 0 Å². The zero-order valence-electron chi connectivity index (χ0n) is 10.0. The van der Waals surface area contributed by atoms with Crippen LogP contribution in [0.1, 0.15) is 16.6 Å². The molecule has 18 heavy (non-hydrogen) atoms. The number of ether oxygens (including phenoxy) is 1. The molecule has 0 saturated carbocycles. The summed E-state index contributed by atoms with van der Waals surface area (Å²) >= 11 is 1.32. The first kappa shape index (κ1) is 11.2. The lowest BCUT2D eigenvalue weighted by Gasteiger charge is -2.21. The first-order chi connectivity index (χ1) is 8.76. The molecule has 0 fully saturated rings. The largest absolute Gasteiger partial charge is 0.465 e. The lowest BCUT2D eigenvalue weighted by atomic mass is 10.2. The zero-order chi connectivity index (χ0) is 12.7. The number of anilines is 1. The van der Waals surface area contributed by atoms with Crippen LogP contribution in [0.15, 0.2) is 17.3 Å². The number of carbonyl (C=O) groups is 1. The van der Waals surface area contributed by atoms with E-state index in [1.54, 1.807) is 12.5 Å². The minimum absolute atomic E-state index is 0.360. The molecule has 0 amide bonds. The van der Waals surface area contributed by atoms with Crippen molar-refractivity contribution in [3.05, 3.63) is 17.1 Å². The molecular formula is C12H11N3O2S. The molecule has 0 aliphatic carbocycles. The molecule has 0 saturated heterocycles. The minimum atomic E-state index is -0.360. The topological polar surface area (TPSA) is 54.8 Å². The van der Waals surface area contributed by atoms with Gasteiger partial charge in [0.25, 0.3) is 0 Å². The Morgan fingerprint density at radius 1 is 1.56 bits per heavy atom. The molecule has 0 aromatic carbocycles. The Morgan fingerprint density at radius 2 is 2.39 bits per heavy atom. The summed E-state index contributed by atoms with van der Waals surface area (Å²) in [7, 11) is 1.37. The van der Waals surface area contributed by atoms with Crippen LogP contribution in [0.25, 0.3) is 10.2 Å². The van der Waals surface area contributed by atoms with Crippen molar-refractivity contribution in [1.82, 2.24) is 4.98 Å². The number of carbonyl (C=O) groups excluding carboxylic acids is 1. The van der Waals surface area contributed by atoms with Crippen molar-refractivity contribution in [2.24, 2.45) is 4.99 Å².